The minimum atomic E-state index is -3.90. The molecule has 0 aliphatic carbocycles. The molecule has 0 amide bonds. The summed E-state index contributed by atoms with van der Waals surface area (Å²) in [7, 11) is -2.25. The molecule has 4 rings (SSSR count). The topological polar surface area (TPSA) is 87.7 Å². The van der Waals surface area contributed by atoms with Gasteiger partial charge in [-0.2, -0.15) is 0 Å². The Morgan fingerprint density at radius 3 is 2.26 bits per heavy atom. The predicted molar refractivity (Wildman–Crippen MR) is 122 cm³/mol. The van der Waals surface area contributed by atoms with Crippen LogP contribution in [0.3, 0.4) is 0 Å². The molecule has 0 unspecified atom stereocenters. The second-order valence-corrected chi connectivity index (χ2v) is 8.99. The quantitative estimate of drug-likeness (QED) is 0.605. The van der Waals surface area contributed by atoms with Crippen molar-refractivity contribution >= 4 is 38.9 Å². The lowest BCUT2D eigenvalue weighted by Crippen LogP contribution is -2.47. The molecule has 8 nitrogen and oxygen atoms in total. The second kappa shape index (κ2) is 8.99. The number of nitrogens with one attached hydrogen (secondary N) is 1. The zero-order valence-electron chi connectivity index (χ0n) is 16.9. The van der Waals surface area contributed by atoms with Gasteiger partial charge in [0.05, 0.1) is 12.1 Å². The molecular weight excluding hydrogens is 438 g/mol. The van der Waals surface area contributed by atoms with Crippen molar-refractivity contribution in [3.8, 4) is 5.75 Å². The van der Waals surface area contributed by atoms with Gasteiger partial charge in [-0.05, 0) is 36.4 Å². The number of nitrogens with zero attached hydrogens (tertiary/aromatic N) is 4. The molecule has 2 heterocycles. The molecule has 0 radical (unpaired) electrons. The highest BCUT2D eigenvalue weighted by molar-refractivity contribution is 7.92. The molecule has 1 saturated heterocycles. The Hall–Kier alpha value is -3.04. The van der Waals surface area contributed by atoms with Gasteiger partial charge in [0.15, 0.2) is 11.6 Å². The number of piperazine rings is 1. The first-order valence-corrected chi connectivity index (χ1v) is 11.6. The Kier molecular flexibility index (Phi) is 6.15. The molecule has 0 saturated carbocycles. The van der Waals surface area contributed by atoms with E-state index in [0.717, 1.165) is 24.5 Å². The Bertz CT molecular complexity index is 1150. The average Bonchev–Trinajstić information content (AvgIpc) is 2.80. The summed E-state index contributed by atoms with van der Waals surface area (Å²) in [5.41, 5.74) is 1.11. The largest absolute Gasteiger partial charge is 0.497 e. The van der Waals surface area contributed by atoms with E-state index < -0.39 is 10.0 Å². The molecule has 3 aromatic rings. The van der Waals surface area contributed by atoms with E-state index in [9.17, 15) is 8.42 Å². The summed E-state index contributed by atoms with van der Waals surface area (Å²) in [5.74, 6) is 1.49. The fourth-order valence-electron chi connectivity index (χ4n) is 3.45. The summed E-state index contributed by atoms with van der Waals surface area (Å²) in [6.07, 6.45) is 3.01. The molecule has 31 heavy (non-hydrogen) atoms. The van der Waals surface area contributed by atoms with Crippen LogP contribution in [0.5, 0.6) is 5.75 Å². The minimum Gasteiger partial charge on any atom is -0.497 e. The fourth-order valence-corrected chi connectivity index (χ4v) is 4.98. The van der Waals surface area contributed by atoms with Crippen LogP contribution >= 0.6 is 11.6 Å². The summed E-state index contributed by atoms with van der Waals surface area (Å²) in [6.45, 7) is 2.87. The smallest absolute Gasteiger partial charge is 0.264 e. The molecule has 10 heteroatoms. The highest BCUT2D eigenvalue weighted by Gasteiger charge is 2.25. The SMILES string of the molecule is COc1ccc(N2CCN(c3nccnc3NS(=O)(=O)c3ccccc3Cl)CC2)cc1. The van der Waals surface area contributed by atoms with Gasteiger partial charge in [0, 0.05) is 44.3 Å². The standard InChI is InChI=1S/C21H22ClN5O3S/c1-30-17-8-6-16(7-9-17)26-12-14-27(15-13-26)21-20(23-10-11-24-21)25-31(28,29)19-5-3-2-4-18(19)22/h2-11H,12-15H2,1H3,(H,23,25). The van der Waals surface area contributed by atoms with Gasteiger partial charge in [-0.25, -0.2) is 18.4 Å². The van der Waals surface area contributed by atoms with Crippen molar-refractivity contribution in [3.05, 3.63) is 65.9 Å². The lowest BCUT2D eigenvalue weighted by Gasteiger charge is -2.37. The van der Waals surface area contributed by atoms with Crippen molar-refractivity contribution in [1.29, 1.82) is 0 Å². The monoisotopic (exact) mass is 459 g/mol. The highest BCUT2D eigenvalue weighted by atomic mass is 35.5. The maximum Gasteiger partial charge on any atom is 0.264 e. The first-order valence-electron chi connectivity index (χ1n) is 9.70. The Morgan fingerprint density at radius 1 is 0.935 bits per heavy atom. The van der Waals surface area contributed by atoms with E-state index >= 15 is 0 Å². The molecular formula is C21H22ClN5O3S. The van der Waals surface area contributed by atoms with Gasteiger partial charge < -0.3 is 14.5 Å². The van der Waals surface area contributed by atoms with E-state index in [4.69, 9.17) is 16.3 Å². The summed E-state index contributed by atoms with van der Waals surface area (Å²) in [5, 5.41) is 0.147. The van der Waals surface area contributed by atoms with Crippen molar-refractivity contribution in [1.82, 2.24) is 9.97 Å². The van der Waals surface area contributed by atoms with Crippen molar-refractivity contribution in [2.75, 3.05) is 47.8 Å². The predicted octanol–water partition coefficient (Wildman–Crippen LogP) is 3.27. The zero-order chi connectivity index (χ0) is 21.8. The number of halogens is 1. The summed E-state index contributed by atoms with van der Waals surface area (Å²) in [6, 6.07) is 14.2. The van der Waals surface area contributed by atoms with Gasteiger partial charge in [0.2, 0.25) is 0 Å². The van der Waals surface area contributed by atoms with E-state index in [0.29, 0.717) is 18.9 Å². The van der Waals surface area contributed by atoms with E-state index in [-0.39, 0.29) is 15.7 Å². The van der Waals surface area contributed by atoms with E-state index in [1.165, 1.54) is 18.3 Å². The lowest BCUT2D eigenvalue weighted by molar-refractivity contribution is 0.415. The summed E-state index contributed by atoms with van der Waals surface area (Å²) in [4.78, 5) is 12.9. The van der Waals surface area contributed by atoms with Crippen LogP contribution in [0.2, 0.25) is 5.02 Å². The van der Waals surface area contributed by atoms with Crippen LogP contribution in [0.25, 0.3) is 0 Å². The zero-order valence-corrected chi connectivity index (χ0v) is 18.5. The van der Waals surface area contributed by atoms with E-state index in [2.05, 4.69) is 19.6 Å². The highest BCUT2D eigenvalue weighted by Crippen LogP contribution is 2.28. The minimum absolute atomic E-state index is 0.00223. The van der Waals surface area contributed by atoms with Crippen molar-refractivity contribution < 1.29 is 13.2 Å². The maximum atomic E-state index is 12.8. The Labute approximate surface area is 186 Å². The summed E-state index contributed by atoms with van der Waals surface area (Å²) < 4.78 is 33.5. The maximum absolute atomic E-state index is 12.8. The van der Waals surface area contributed by atoms with Crippen LogP contribution in [0.1, 0.15) is 0 Å². The van der Waals surface area contributed by atoms with Gasteiger partial charge in [0.1, 0.15) is 10.6 Å². The van der Waals surface area contributed by atoms with Gasteiger partial charge in [-0.1, -0.05) is 23.7 Å². The molecule has 0 bridgehead atoms. The van der Waals surface area contributed by atoms with E-state index in [1.807, 2.05) is 29.2 Å². The number of hydrogen-bond donors (Lipinski definition) is 1. The fraction of sp³-hybridized carbons (Fsp3) is 0.238. The van der Waals surface area contributed by atoms with Gasteiger partial charge in [-0.3, -0.25) is 4.72 Å². The van der Waals surface area contributed by atoms with Crippen LogP contribution in [0, 0.1) is 0 Å². The molecule has 162 valence electrons. The van der Waals surface area contributed by atoms with Gasteiger partial charge >= 0.3 is 0 Å². The van der Waals surface area contributed by atoms with Crippen LogP contribution in [0.15, 0.2) is 65.8 Å². The first-order chi connectivity index (χ1) is 15.0. The third kappa shape index (κ3) is 4.67. The number of sulfonamides is 1. The normalized spacial score (nSPS) is 14.4. The molecule has 1 aliphatic heterocycles. The average molecular weight is 460 g/mol. The van der Waals surface area contributed by atoms with Crippen molar-refractivity contribution in [2.24, 2.45) is 0 Å². The number of ether oxygens (including phenoxy) is 1. The van der Waals surface area contributed by atoms with Gasteiger partial charge in [0.25, 0.3) is 10.0 Å². The molecule has 1 N–H and O–H groups in total. The lowest BCUT2D eigenvalue weighted by atomic mass is 10.2. The number of rotatable bonds is 6. The molecule has 0 spiro atoms. The third-order valence-corrected chi connectivity index (χ3v) is 6.89. The number of methoxy groups -OCH3 is 1. The number of anilines is 3. The molecule has 1 aliphatic rings. The second-order valence-electron chi connectivity index (χ2n) is 6.94. The van der Waals surface area contributed by atoms with Gasteiger partial charge in [-0.15, -0.1) is 0 Å². The van der Waals surface area contributed by atoms with Crippen LogP contribution in [0.4, 0.5) is 17.3 Å². The number of hydrogen-bond acceptors (Lipinski definition) is 7. The number of aromatic nitrogens is 2. The van der Waals surface area contributed by atoms with Crippen molar-refractivity contribution in [2.45, 2.75) is 4.90 Å². The molecule has 2 aromatic carbocycles. The van der Waals surface area contributed by atoms with Crippen LogP contribution in [-0.4, -0.2) is 51.7 Å². The van der Waals surface area contributed by atoms with Crippen molar-refractivity contribution in [3.63, 3.8) is 0 Å². The van der Waals surface area contributed by atoms with Crippen LogP contribution in [-0.2, 0) is 10.0 Å². The molecule has 1 fully saturated rings. The summed E-state index contributed by atoms with van der Waals surface area (Å²) >= 11 is 6.08. The first kappa shape index (κ1) is 21.2. The third-order valence-electron chi connectivity index (χ3n) is 5.05. The molecule has 0 atom stereocenters. The van der Waals surface area contributed by atoms with Crippen LogP contribution < -0.4 is 19.3 Å². The Balaban J connectivity index is 1.50. The van der Waals surface area contributed by atoms with E-state index in [1.54, 1.807) is 25.4 Å². The molecule has 1 aromatic heterocycles. The Morgan fingerprint density at radius 2 is 1.58 bits per heavy atom. The number of benzene rings is 2.